The third-order valence-electron chi connectivity index (χ3n) is 2.04. The molecule has 0 saturated carbocycles. The molecule has 0 fully saturated rings. The molecule has 3 N–H and O–H groups in total. The minimum Gasteiger partial charge on any atom is -0.481 e. The highest BCUT2D eigenvalue weighted by Gasteiger charge is 2.32. The number of carboxylic acids is 2. The van der Waals surface area contributed by atoms with Crippen LogP contribution in [0, 0.1) is 0 Å². The fourth-order valence-corrected chi connectivity index (χ4v) is 0.799. The molecule has 7 nitrogen and oxygen atoms in total. The van der Waals surface area contributed by atoms with Gasteiger partial charge in [0.2, 0.25) is 0 Å². The van der Waals surface area contributed by atoms with E-state index in [0.29, 0.717) is 0 Å². The summed E-state index contributed by atoms with van der Waals surface area (Å²) in [5.74, 6) is -3.38. The van der Waals surface area contributed by atoms with Crippen LogP contribution < -0.4 is 5.32 Å². The van der Waals surface area contributed by atoms with Gasteiger partial charge in [-0.1, -0.05) is 0 Å². The maximum atomic E-state index is 11.5. The monoisotopic (exact) mass is 233 g/mol. The molecule has 0 saturated heterocycles. The van der Waals surface area contributed by atoms with Crippen molar-refractivity contribution in [2.75, 3.05) is 7.11 Å². The van der Waals surface area contributed by atoms with Gasteiger partial charge in [0.25, 0.3) is 5.91 Å². The van der Waals surface area contributed by atoms with Crippen molar-refractivity contribution in [3.8, 4) is 0 Å². The zero-order valence-electron chi connectivity index (χ0n) is 9.31. The van der Waals surface area contributed by atoms with Crippen LogP contribution in [0.3, 0.4) is 0 Å². The molecule has 0 aromatic carbocycles. The number of carboxylic acid groups (broad SMARTS) is 2. The molecule has 0 aromatic rings. The molecule has 0 aliphatic heterocycles. The smallest absolute Gasteiger partial charge is 0.326 e. The van der Waals surface area contributed by atoms with Gasteiger partial charge in [-0.15, -0.1) is 0 Å². The second-order valence-corrected chi connectivity index (χ2v) is 3.68. The van der Waals surface area contributed by atoms with Gasteiger partial charge in [0.1, 0.15) is 11.6 Å². The van der Waals surface area contributed by atoms with Crippen LogP contribution in [0.5, 0.6) is 0 Å². The van der Waals surface area contributed by atoms with E-state index in [1.807, 2.05) is 0 Å². The van der Waals surface area contributed by atoms with Crippen LogP contribution in [0.4, 0.5) is 0 Å². The molecule has 0 heterocycles. The first-order valence-corrected chi connectivity index (χ1v) is 4.51. The Morgan fingerprint density at radius 2 is 1.81 bits per heavy atom. The third kappa shape index (κ3) is 4.26. The lowest BCUT2D eigenvalue weighted by Gasteiger charge is -2.23. The standard InChI is InChI=1S/C9H15NO6/c1-9(2,16-3)8(15)10-5(7(13)14)4-6(11)12/h5H,4H2,1-3H3,(H,10,15)(H,11,12)(H,13,14). The minimum atomic E-state index is -1.46. The zero-order valence-corrected chi connectivity index (χ0v) is 9.31. The number of carbonyl (C=O) groups is 3. The second-order valence-electron chi connectivity index (χ2n) is 3.68. The third-order valence-corrected chi connectivity index (χ3v) is 2.04. The molecule has 0 aliphatic carbocycles. The molecule has 92 valence electrons. The van der Waals surface area contributed by atoms with E-state index in [0.717, 1.165) is 0 Å². The van der Waals surface area contributed by atoms with Crippen LogP contribution in [-0.2, 0) is 19.1 Å². The average molecular weight is 233 g/mol. The summed E-state index contributed by atoms with van der Waals surface area (Å²) < 4.78 is 4.83. The molecule has 1 atom stereocenters. The Morgan fingerprint density at radius 1 is 1.31 bits per heavy atom. The number of methoxy groups -OCH3 is 1. The van der Waals surface area contributed by atoms with E-state index >= 15 is 0 Å². The van der Waals surface area contributed by atoms with Crippen LogP contribution in [0.2, 0.25) is 0 Å². The van der Waals surface area contributed by atoms with Gasteiger partial charge in [-0.3, -0.25) is 9.59 Å². The minimum absolute atomic E-state index is 0.677. The van der Waals surface area contributed by atoms with Gasteiger partial charge in [-0.05, 0) is 13.8 Å². The molecule has 0 radical (unpaired) electrons. The Hall–Kier alpha value is -1.63. The van der Waals surface area contributed by atoms with E-state index in [1.165, 1.54) is 21.0 Å². The van der Waals surface area contributed by atoms with Crippen LogP contribution in [0.15, 0.2) is 0 Å². The van der Waals surface area contributed by atoms with E-state index < -0.39 is 35.9 Å². The van der Waals surface area contributed by atoms with Crippen molar-refractivity contribution >= 4 is 17.8 Å². The fraction of sp³-hybridized carbons (Fsp3) is 0.667. The number of rotatable bonds is 6. The Morgan fingerprint density at radius 3 is 2.12 bits per heavy atom. The number of hydrogen-bond acceptors (Lipinski definition) is 4. The Labute approximate surface area is 92.4 Å². The average Bonchev–Trinajstić information content (AvgIpc) is 2.15. The molecule has 1 unspecified atom stereocenters. The van der Waals surface area contributed by atoms with Crippen LogP contribution in [0.25, 0.3) is 0 Å². The molecule has 1 amide bonds. The van der Waals surface area contributed by atoms with Crippen molar-refractivity contribution < 1.29 is 29.3 Å². The molecule has 7 heteroatoms. The van der Waals surface area contributed by atoms with Gasteiger partial charge in [-0.2, -0.15) is 0 Å². The Bertz CT molecular complexity index is 298. The summed E-state index contributed by atoms with van der Waals surface area (Å²) in [5.41, 5.74) is -1.20. The maximum absolute atomic E-state index is 11.5. The summed E-state index contributed by atoms with van der Waals surface area (Å²) in [4.78, 5) is 32.5. The van der Waals surface area contributed by atoms with E-state index in [2.05, 4.69) is 5.32 Å². The summed E-state index contributed by atoms with van der Waals surface area (Å²) in [6, 6.07) is -1.46. The van der Waals surface area contributed by atoms with E-state index in [4.69, 9.17) is 14.9 Å². The summed E-state index contributed by atoms with van der Waals surface area (Å²) in [6.45, 7) is 2.89. The van der Waals surface area contributed by atoms with Crippen molar-refractivity contribution in [1.29, 1.82) is 0 Å². The SMILES string of the molecule is COC(C)(C)C(=O)NC(CC(=O)O)C(=O)O. The molecular formula is C9H15NO6. The number of ether oxygens (including phenoxy) is 1. The van der Waals surface area contributed by atoms with Crippen molar-refractivity contribution in [2.24, 2.45) is 0 Å². The van der Waals surface area contributed by atoms with E-state index in [-0.39, 0.29) is 0 Å². The van der Waals surface area contributed by atoms with Crippen molar-refractivity contribution in [3.05, 3.63) is 0 Å². The van der Waals surface area contributed by atoms with Gasteiger partial charge in [-0.25, -0.2) is 4.79 Å². The normalized spacial score (nSPS) is 12.9. The first-order valence-electron chi connectivity index (χ1n) is 4.51. The van der Waals surface area contributed by atoms with Gasteiger partial charge in [0.05, 0.1) is 6.42 Å². The topological polar surface area (TPSA) is 113 Å². The number of carbonyl (C=O) groups excluding carboxylic acids is 1. The highest BCUT2D eigenvalue weighted by molar-refractivity contribution is 5.90. The number of amides is 1. The Balaban J connectivity index is 4.58. The molecule has 0 rings (SSSR count). The van der Waals surface area contributed by atoms with Gasteiger partial charge in [0, 0.05) is 7.11 Å². The molecule has 16 heavy (non-hydrogen) atoms. The van der Waals surface area contributed by atoms with E-state index in [9.17, 15) is 14.4 Å². The van der Waals surface area contributed by atoms with Crippen LogP contribution in [-0.4, -0.2) is 46.8 Å². The van der Waals surface area contributed by atoms with Crippen LogP contribution in [0.1, 0.15) is 20.3 Å². The molecule has 0 aliphatic rings. The molecular weight excluding hydrogens is 218 g/mol. The maximum Gasteiger partial charge on any atom is 0.326 e. The number of hydrogen-bond donors (Lipinski definition) is 3. The summed E-state index contributed by atoms with van der Waals surface area (Å²) in [6.07, 6.45) is -0.680. The van der Waals surface area contributed by atoms with Crippen molar-refractivity contribution in [3.63, 3.8) is 0 Å². The highest BCUT2D eigenvalue weighted by Crippen LogP contribution is 2.08. The summed E-state index contributed by atoms with van der Waals surface area (Å²) in [5, 5.41) is 19.2. The van der Waals surface area contributed by atoms with Crippen molar-refractivity contribution in [1.82, 2.24) is 5.32 Å². The van der Waals surface area contributed by atoms with E-state index in [1.54, 1.807) is 0 Å². The highest BCUT2D eigenvalue weighted by atomic mass is 16.5. The lowest BCUT2D eigenvalue weighted by atomic mass is 10.1. The lowest BCUT2D eigenvalue weighted by molar-refractivity contribution is -0.150. The van der Waals surface area contributed by atoms with Gasteiger partial charge in [0.15, 0.2) is 0 Å². The van der Waals surface area contributed by atoms with Gasteiger partial charge < -0.3 is 20.3 Å². The van der Waals surface area contributed by atoms with Gasteiger partial charge >= 0.3 is 11.9 Å². The predicted molar refractivity (Wildman–Crippen MR) is 52.9 cm³/mol. The molecule has 0 aromatic heterocycles. The molecule has 0 spiro atoms. The number of nitrogens with one attached hydrogen (secondary N) is 1. The predicted octanol–water partition coefficient (Wildman–Crippen LogP) is -0.544. The quantitative estimate of drug-likeness (QED) is 0.567. The van der Waals surface area contributed by atoms with Crippen LogP contribution >= 0.6 is 0 Å². The molecule has 0 bridgehead atoms. The summed E-state index contributed by atoms with van der Waals surface area (Å²) >= 11 is 0. The first kappa shape index (κ1) is 14.4. The lowest BCUT2D eigenvalue weighted by Crippen LogP contribution is -2.51. The summed E-state index contributed by atoms with van der Waals surface area (Å²) in [7, 11) is 1.30. The zero-order chi connectivity index (χ0) is 12.9. The number of aliphatic carboxylic acids is 2. The Kier molecular flexibility index (Phi) is 4.90. The first-order chi connectivity index (χ1) is 7.20. The fourth-order valence-electron chi connectivity index (χ4n) is 0.799. The largest absolute Gasteiger partial charge is 0.481 e. The van der Waals surface area contributed by atoms with Crippen molar-refractivity contribution in [2.45, 2.75) is 31.9 Å². The second kappa shape index (κ2) is 5.45.